The van der Waals surface area contributed by atoms with E-state index in [9.17, 15) is 19.2 Å². The van der Waals surface area contributed by atoms with Gasteiger partial charge < -0.3 is 20.4 Å². The predicted octanol–water partition coefficient (Wildman–Crippen LogP) is 1.99. The SMILES string of the molecule is CC(=C[C@H](C(C)C)N(C)C(=O)CNC=O)C(=O)N1CCC[C@H]1C(=O)NC1CCCCCC1. The molecule has 0 unspecified atom stereocenters. The Labute approximate surface area is 192 Å². The molecule has 1 aliphatic heterocycles. The first-order valence-corrected chi connectivity index (χ1v) is 12.0. The van der Waals surface area contributed by atoms with Crippen LogP contribution in [0.1, 0.15) is 72.1 Å². The zero-order valence-electron chi connectivity index (χ0n) is 20.1. The minimum atomic E-state index is -0.428. The molecule has 1 heterocycles. The van der Waals surface area contributed by atoms with Gasteiger partial charge in [0, 0.05) is 25.2 Å². The van der Waals surface area contributed by atoms with Gasteiger partial charge >= 0.3 is 0 Å². The number of amides is 4. The Morgan fingerprint density at radius 1 is 1.06 bits per heavy atom. The van der Waals surface area contributed by atoms with Gasteiger partial charge in [-0.2, -0.15) is 0 Å². The van der Waals surface area contributed by atoms with Gasteiger partial charge in [0.15, 0.2) is 0 Å². The van der Waals surface area contributed by atoms with Gasteiger partial charge in [-0.3, -0.25) is 19.2 Å². The average Bonchev–Trinajstić information content (AvgIpc) is 3.12. The van der Waals surface area contributed by atoms with Crippen LogP contribution < -0.4 is 10.6 Å². The minimum absolute atomic E-state index is 0.0387. The summed E-state index contributed by atoms with van der Waals surface area (Å²) in [7, 11) is 1.67. The van der Waals surface area contributed by atoms with Crippen LogP contribution in [-0.2, 0) is 19.2 Å². The molecule has 8 heteroatoms. The molecule has 2 fully saturated rings. The summed E-state index contributed by atoms with van der Waals surface area (Å²) in [4.78, 5) is 52.3. The van der Waals surface area contributed by atoms with Gasteiger partial charge in [0.1, 0.15) is 6.04 Å². The summed E-state index contributed by atoms with van der Waals surface area (Å²) in [5.41, 5.74) is 0.529. The largest absolute Gasteiger partial charge is 0.352 e. The molecule has 0 aromatic rings. The second-order valence-corrected chi connectivity index (χ2v) is 9.44. The zero-order valence-corrected chi connectivity index (χ0v) is 20.1. The Hall–Kier alpha value is -2.38. The van der Waals surface area contributed by atoms with Crippen molar-refractivity contribution in [2.24, 2.45) is 5.92 Å². The molecule has 2 N–H and O–H groups in total. The second kappa shape index (κ2) is 12.6. The van der Waals surface area contributed by atoms with Crippen molar-refractivity contribution >= 4 is 24.1 Å². The van der Waals surface area contributed by atoms with Crippen molar-refractivity contribution in [1.82, 2.24) is 20.4 Å². The topological polar surface area (TPSA) is 98.8 Å². The molecule has 180 valence electrons. The van der Waals surface area contributed by atoms with E-state index in [0.29, 0.717) is 24.9 Å². The highest BCUT2D eigenvalue weighted by molar-refractivity contribution is 5.97. The number of hydrogen-bond donors (Lipinski definition) is 2. The lowest BCUT2D eigenvalue weighted by Gasteiger charge is -2.30. The highest BCUT2D eigenvalue weighted by Gasteiger charge is 2.35. The van der Waals surface area contributed by atoms with E-state index in [2.05, 4.69) is 10.6 Å². The van der Waals surface area contributed by atoms with Crippen molar-refractivity contribution < 1.29 is 19.2 Å². The standard InChI is InChI=1S/C24H40N4O4/c1-17(2)21(27(4)22(30)15-25-16-29)14-18(3)24(32)28-13-9-12-20(28)23(31)26-19-10-7-5-6-8-11-19/h14,16-17,19-21H,5-13,15H2,1-4H3,(H,25,29)(H,26,31)/t20-,21+/m0/s1. The quantitative estimate of drug-likeness (QED) is 0.320. The van der Waals surface area contributed by atoms with Crippen LogP contribution >= 0.6 is 0 Å². The van der Waals surface area contributed by atoms with Crippen molar-refractivity contribution in [1.29, 1.82) is 0 Å². The molecule has 4 amide bonds. The molecule has 2 aliphatic rings. The van der Waals surface area contributed by atoms with E-state index < -0.39 is 6.04 Å². The number of rotatable bonds is 9. The summed E-state index contributed by atoms with van der Waals surface area (Å²) in [5, 5.41) is 5.58. The second-order valence-electron chi connectivity index (χ2n) is 9.44. The first-order valence-electron chi connectivity index (χ1n) is 12.0. The van der Waals surface area contributed by atoms with E-state index in [1.807, 2.05) is 19.9 Å². The molecule has 0 radical (unpaired) electrons. The van der Waals surface area contributed by atoms with E-state index in [4.69, 9.17) is 0 Å². The third-order valence-electron chi connectivity index (χ3n) is 6.64. The Bertz CT molecular complexity index is 698. The van der Waals surface area contributed by atoms with E-state index in [-0.39, 0.29) is 42.3 Å². The van der Waals surface area contributed by atoms with E-state index in [1.165, 1.54) is 12.8 Å². The fraction of sp³-hybridized carbons (Fsp3) is 0.750. The molecule has 8 nitrogen and oxygen atoms in total. The maximum Gasteiger partial charge on any atom is 0.249 e. The van der Waals surface area contributed by atoms with E-state index >= 15 is 0 Å². The number of nitrogens with zero attached hydrogens (tertiary/aromatic N) is 2. The van der Waals surface area contributed by atoms with Crippen LogP contribution in [0.5, 0.6) is 0 Å². The van der Waals surface area contributed by atoms with Crippen LogP contribution in [0.3, 0.4) is 0 Å². The molecule has 0 aromatic carbocycles. The number of hydrogen-bond acceptors (Lipinski definition) is 4. The van der Waals surface area contributed by atoms with Crippen LogP contribution in [0.2, 0.25) is 0 Å². The summed E-state index contributed by atoms with van der Waals surface area (Å²) in [6.45, 7) is 6.19. The fourth-order valence-electron chi connectivity index (χ4n) is 4.73. The maximum atomic E-state index is 13.2. The van der Waals surface area contributed by atoms with Crippen molar-refractivity contribution in [2.75, 3.05) is 20.1 Å². The molecular formula is C24H40N4O4. The predicted molar refractivity (Wildman–Crippen MR) is 124 cm³/mol. The summed E-state index contributed by atoms with van der Waals surface area (Å²) in [5.74, 6) is -0.339. The van der Waals surface area contributed by atoms with Gasteiger partial charge in [0.25, 0.3) is 0 Å². The van der Waals surface area contributed by atoms with Crippen LogP contribution in [0, 0.1) is 5.92 Å². The Morgan fingerprint density at radius 3 is 2.31 bits per heavy atom. The van der Waals surface area contributed by atoms with Gasteiger partial charge in [0.2, 0.25) is 24.1 Å². The number of nitrogens with one attached hydrogen (secondary N) is 2. The molecule has 1 saturated heterocycles. The van der Waals surface area contributed by atoms with Crippen LogP contribution in [0.15, 0.2) is 11.6 Å². The van der Waals surface area contributed by atoms with Gasteiger partial charge in [-0.05, 0) is 38.5 Å². The van der Waals surface area contributed by atoms with Crippen molar-refractivity contribution in [3.63, 3.8) is 0 Å². The Morgan fingerprint density at radius 2 is 1.72 bits per heavy atom. The van der Waals surface area contributed by atoms with E-state index in [0.717, 1.165) is 32.1 Å². The highest BCUT2D eigenvalue weighted by atomic mass is 16.2. The summed E-state index contributed by atoms with van der Waals surface area (Å²) in [6.07, 6.45) is 10.6. The number of carbonyl (C=O) groups is 4. The molecule has 2 rings (SSSR count). The molecule has 1 saturated carbocycles. The maximum absolute atomic E-state index is 13.2. The lowest BCUT2D eigenvalue weighted by Crippen LogP contribution is -2.49. The lowest BCUT2D eigenvalue weighted by molar-refractivity contribution is -0.136. The van der Waals surface area contributed by atoms with Crippen LogP contribution in [-0.4, -0.2) is 72.2 Å². The summed E-state index contributed by atoms with van der Waals surface area (Å²) < 4.78 is 0. The first-order chi connectivity index (χ1) is 15.3. The first kappa shape index (κ1) is 25.9. The van der Waals surface area contributed by atoms with Crippen LogP contribution in [0.4, 0.5) is 0 Å². The average molecular weight is 449 g/mol. The number of likely N-dealkylation sites (N-methyl/N-ethyl adjacent to an activating group) is 1. The van der Waals surface area contributed by atoms with Gasteiger partial charge in [-0.1, -0.05) is 45.6 Å². The monoisotopic (exact) mass is 448 g/mol. The third-order valence-corrected chi connectivity index (χ3v) is 6.64. The van der Waals surface area contributed by atoms with Gasteiger partial charge in [-0.25, -0.2) is 0 Å². The van der Waals surface area contributed by atoms with Crippen molar-refractivity contribution in [3.8, 4) is 0 Å². The smallest absolute Gasteiger partial charge is 0.249 e. The molecule has 2 atom stereocenters. The molecule has 32 heavy (non-hydrogen) atoms. The minimum Gasteiger partial charge on any atom is -0.352 e. The molecule has 1 aliphatic carbocycles. The molecule has 0 aromatic heterocycles. The van der Waals surface area contributed by atoms with Gasteiger partial charge in [0.05, 0.1) is 12.6 Å². The highest BCUT2D eigenvalue weighted by Crippen LogP contribution is 2.23. The molecular weight excluding hydrogens is 408 g/mol. The van der Waals surface area contributed by atoms with Gasteiger partial charge in [-0.15, -0.1) is 0 Å². The summed E-state index contributed by atoms with van der Waals surface area (Å²) in [6, 6.07) is -0.507. The van der Waals surface area contributed by atoms with Crippen molar-refractivity contribution in [2.45, 2.75) is 90.3 Å². The Balaban J connectivity index is 2.07. The van der Waals surface area contributed by atoms with Crippen molar-refractivity contribution in [3.05, 3.63) is 11.6 Å². The molecule has 0 spiro atoms. The lowest BCUT2D eigenvalue weighted by atomic mass is 9.99. The number of carbonyl (C=O) groups excluding carboxylic acids is 4. The normalized spacial score (nSPS) is 21.1. The van der Waals surface area contributed by atoms with E-state index in [1.54, 1.807) is 23.8 Å². The number of likely N-dealkylation sites (tertiary alicyclic amines) is 1. The fourth-order valence-corrected chi connectivity index (χ4v) is 4.73. The van der Waals surface area contributed by atoms with Crippen LogP contribution in [0.25, 0.3) is 0 Å². The Kier molecular flexibility index (Phi) is 10.2. The summed E-state index contributed by atoms with van der Waals surface area (Å²) >= 11 is 0. The third kappa shape index (κ3) is 7.07. The zero-order chi connectivity index (χ0) is 23.7. The molecule has 0 bridgehead atoms.